The van der Waals surface area contributed by atoms with Gasteiger partial charge in [0.2, 0.25) is 0 Å². The lowest BCUT2D eigenvalue weighted by atomic mass is 9.81. The summed E-state index contributed by atoms with van der Waals surface area (Å²) in [5.74, 6) is 2.58. The van der Waals surface area contributed by atoms with Gasteiger partial charge < -0.3 is 9.47 Å². The van der Waals surface area contributed by atoms with Gasteiger partial charge in [-0.3, -0.25) is 4.90 Å². The van der Waals surface area contributed by atoms with Crippen molar-refractivity contribution in [2.75, 3.05) is 27.3 Å². The minimum atomic E-state index is 0. The van der Waals surface area contributed by atoms with Crippen LogP contribution in [0.15, 0.2) is 12.1 Å². The zero-order chi connectivity index (χ0) is 14.1. The lowest BCUT2D eigenvalue weighted by molar-refractivity contribution is 0.0846. The second-order valence-corrected chi connectivity index (χ2v) is 6.03. The fourth-order valence-corrected chi connectivity index (χ4v) is 3.75. The number of hydrogen-bond donors (Lipinski definition) is 0. The number of methoxy groups -OCH3 is 1. The summed E-state index contributed by atoms with van der Waals surface area (Å²) in [6, 6.07) is 5.04. The van der Waals surface area contributed by atoms with E-state index in [1.165, 1.54) is 30.5 Å². The van der Waals surface area contributed by atoms with Crippen molar-refractivity contribution < 1.29 is 9.47 Å². The Balaban J connectivity index is 0.00000161. The maximum absolute atomic E-state index is 6.11. The van der Waals surface area contributed by atoms with Gasteiger partial charge >= 0.3 is 0 Å². The van der Waals surface area contributed by atoms with Gasteiger partial charge in [-0.05, 0) is 38.4 Å². The number of benzene rings is 1. The number of halogens is 1. The largest absolute Gasteiger partial charge is 0.493 e. The number of piperidine rings is 1. The van der Waals surface area contributed by atoms with Crippen LogP contribution in [0, 0.1) is 0 Å². The van der Waals surface area contributed by atoms with E-state index in [1.807, 2.05) is 0 Å². The third-order valence-electron chi connectivity index (χ3n) is 4.80. The van der Waals surface area contributed by atoms with Gasteiger partial charge in [0.1, 0.15) is 6.61 Å². The maximum atomic E-state index is 6.11. The fraction of sp³-hybridized carbons (Fsp3) is 0.647. The molecule has 4 heteroatoms. The van der Waals surface area contributed by atoms with Gasteiger partial charge in [0.15, 0.2) is 11.5 Å². The summed E-state index contributed by atoms with van der Waals surface area (Å²) in [6.45, 7) is 4.18. The predicted molar refractivity (Wildman–Crippen MR) is 88.1 cm³/mol. The summed E-state index contributed by atoms with van der Waals surface area (Å²) in [5, 5.41) is 0. The normalized spacial score (nSPS) is 24.3. The first kappa shape index (κ1) is 16.4. The van der Waals surface area contributed by atoms with Crippen LogP contribution in [0.4, 0.5) is 0 Å². The molecule has 0 unspecified atom stereocenters. The fourth-order valence-electron chi connectivity index (χ4n) is 3.75. The third kappa shape index (κ3) is 2.86. The van der Waals surface area contributed by atoms with Gasteiger partial charge in [0.25, 0.3) is 0 Å². The Kier molecular flexibility index (Phi) is 5.39. The molecule has 1 aromatic rings. The van der Waals surface area contributed by atoms with Crippen LogP contribution in [0.25, 0.3) is 0 Å². The molecule has 1 aromatic carbocycles. The zero-order valence-electron chi connectivity index (χ0n) is 13.2. The summed E-state index contributed by atoms with van der Waals surface area (Å²) in [5.41, 5.74) is 2.63. The molecule has 0 bridgehead atoms. The molecule has 0 N–H and O–H groups in total. The van der Waals surface area contributed by atoms with Crippen molar-refractivity contribution >= 4 is 12.4 Å². The van der Waals surface area contributed by atoms with E-state index in [9.17, 15) is 0 Å². The Morgan fingerprint density at radius 2 is 2.19 bits per heavy atom. The van der Waals surface area contributed by atoms with Crippen molar-refractivity contribution in [3.8, 4) is 11.5 Å². The summed E-state index contributed by atoms with van der Waals surface area (Å²) < 4.78 is 11.8. The highest BCUT2D eigenvalue weighted by molar-refractivity contribution is 5.85. The maximum Gasteiger partial charge on any atom is 0.165 e. The summed E-state index contributed by atoms with van der Waals surface area (Å²) >= 11 is 0. The Morgan fingerprint density at radius 3 is 2.90 bits per heavy atom. The van der Waals surface area contributed by atoms with E-state index in [-0.39, 0.29) is 12.4 Å². The molecule has 0 spiro atoms. The van der Waals surface area contributed by atoms with Gasteiger partial charge in [0.05, 0.1) is 13.2 Å². The van der Waals surface area contributed by atoms with Crippen molar-refractivity contribution in [2.45, 2.75) is 44.6 Å². The van der Waals surface area contributed by atoms with Crippen LogP contribution >= 0.6 is 12.4 Å². The SMILES string of the molecule is CCCc1ccc2c(c1OC)OC[C@@H]1[C@@H]2CCCN1C.Cl. The number of aryl methyl sites for hydroxylation is 1. The van der Waals surface area contributed by atoms with Crippen molar-refractivity contribution in [1.29, 1.82) is 0 Å². The van der Waals surface area contributed by atoms with Gasteiger partial charge in [0, 0.05) is 11.5 Å². The number of nitrogens with zero attached hydrogens (tertiary/aromatic N) is 1. The highest BCUT2D eigenvalue weighted by atomic mass is 35.5. The Hall–Kier alpha value is -0.930. The van der Waals surface area contributed by atoms with E-state index in [0.717, 1.165) is 30.9 Å². The summed E-state index contributed by atoms with van der Waals surface area (Å²) in [4.78, 5) is 2.45. The van der Waals surface area contributed by atoms with E-state index in [1.54, 1.807) is 7.11 Å². The van der Waals surface area contributed by atoms with Crippen LogP contribution in [0.3, 0.4) is 0 Å². The molecule has 2 aliphatic heterocycles. The molecule has 0 radical (unpaired) electrons. The van der Waals surface area contributed by atoms with Crippen molar-refractivity contribution in [2.24, 2.45) is 0 Å². The Morgan fingerprint density at radius 1 is 1.38 bits per heavy atom. The highest BCUT2D eigenvalue weighted by Crippen LogP contribution is 2.46. The van der Waals surface area contributed by atoms with Gasteiger partial charge in [-0.15, -0.1) is 12.4 Å². The van der Waals surface area contributed by atoms with Crippen LogP contribution < -0.4 is 9.47 Å². The molecule has 21 heavy (non-hydrogen) atoms. The van der Waals surface area contributed by atoms with E-state index in [4.69, 9.17) is 9.47 Å². The number of fused-ring (bicyclic) bond motifs is 3. The number of likely N-dealkylation sites (tertiary alicyclic amines) is 1. The third-order valence-corrected chi connectivity index (χ3v) is 4.80. The smallest absolute Gasteiger partial charge is 0.165 e. The average Bonchev–Trinajstić information content (AvgIpc) is 2.47. The first-order valence-electron chi connectivity index (χ1n) is 7.79. The van der Waals surface area contributed by atoms with E-state index in [0.29, 0.717) is 12.0 Å². The van der Waals surface area contributed by atoms with E-state index >= 15 is 0 Å². The second kappa shape index (κ2) is 6.89. The molecule has 3 nitrogen and oxygen atoms in total. The molecule has 1 fully saturated rings. The molecule has 2 heterocycles. The molecule has 0 aromatic heterocycles. The molecular weight excluding hydrogens is 286 g/mol. The standard InChI is InChI=1S/C17H25NO2.ClH/c1-4-6-12-8-9-14-13-7-5-10-18(2)15(13)11-20-17(14)16(12)19-3;/h8-9,13,15H,4-7,10-11H2,1-3H3;1H/t13-,15-;/m1./s1. The van der Waals surface area contributed by atoms with Gasteiger partial charge in [-0.25, -0.2) is 0 Å². The molecule has 2 atom stereocenters. The summed E-state index contributed by atoms with van der Waals surface area (Å²) in [7, 11) is 3.98. The molecule has 118 valence electrons. The van der Waals surface area contributed by atoms with Crippen LogP contribution in [0.2, 0.25) is 0 Å². The van der Waals surface area contributed by atoms with Gasteiger partial charge in [-0.1, -0.05) is 25.5 Å². The molecule has 0 saturated carbocycles. The first-order chi connectivity index (χ1) is 9.76. The minimum Gasteiger partial charge on any atom is -0.493 e. The van der Waals surface area contributed by atoms with Crippen LogP contribution in [0.1, 0.15) is 43.2 Å². The molecule has 3 rings (SSSR count). The lowest BCUT2D eigenvalue weighted by Gasteiger charge is -2.43. The lowest BCUT2D eigenvalue weighted by Crippen LogP contribution is -2.47. The molecule has 1 saturated heterocycles. The second-order valence-electron chi connectivity index (χ2n) is 6.03. The number of hydrogen-bond acceptors (Lipinski definition) is 3. The number of likely N-dealkylation sites (N-methyl/N-ethyl adjacent to an activating group) is 1. The molecular formula is C17H26ClNO2. The highest BCUT2D eigenvalue weighted by Gasteiger charge is 2.37. The number of rotatable bonds is 3. The molecule has 0 aliphatic carbocycles. The topological polar surface area (TPSA) is 21.7 Å². The van der Waals surface area contributed by atoms with E-state index < -0.39 is 0 Å². The van der Waals surface area contributed by atoms with Crippen molar-refractivity contribution in [3.05, 3.63) is 23.3 Å². The average molecular weight is 312 g/mol. The zero-order valence-corrected chi connectivity index (χ0v) is 14.0. The van der Waals surface area contributed by atoms with Crippen LogP contribution in [-0.4, -0.2) is 38.3 Å². The molecule has 0 amide bonds. The van der Waals surface area contributed by atoms with Crippen LogP contribution in [-0.2, 0) is 6.42 Å². The number of ether oxygens (including phenoxy) is 2. The van der Waals surface area contributed by atoms with Gasteiger partial charge in [-0.2, -0.15) is 0 Å². The van der Waals surface area contributed by atoms with Crippen LogP contribution in [0.5, 0.6) is 11.5 Å². The quantitative estimate of drug-likeness (QED) is 0.850. The summed E-state index contributed by atoms with van der Waals surface area (Å²) in [6.07, 6.45) is 4.72. The minimum absolute atomic E-state index is 0. The predicted octanol–water partition coefficient (Wildman–Crippen LogP) is 3.64. The Bertz CT molecular complexity index is 492. The monoisotopic (exact) mass is 311 g/mol. The van der Waals surface area contributed by atoms with Crippen molar-refractivity contribution in [1.82, 2.24) is 4.90 Å². The molecule has 2 aliphatic rings. The Labute approximate surface area is 134 Å². The van der Waals surface area contributed by atoms with E-state index in [2.05, 4.69) is 31.0 Å². The first-order valence-corrected chi connectivity index (χ1v) is 7.79. The van der Waals surface area contributed by atoms with Crippen molar-refractivity contribution in [3.63, 3.8) is 0 Å².